The normalized spacial score (nSPS) is 10.4. The van der Waals surface area contributed by atoms with Gasteiger partial charge in [0, 0.05) is 16.1 Å². The molecule has 0 unspecified atom stereocenters. The maximum Gasteiger partial charge on any atom is 0.193 e. The van der Waals surface area contributed by atoms with E-state index in [-0.39, 0.29) is 5.78 Å². The van der Waals surface area contributed by atoms with Gasteiger partial charge < -0.3 is 0 Å². The average molecular weight is 259 g/mol. The van der Waals surface area contributed by atoms with E-state index < -0.39 is 0 Å². The van der Waals surface area contributed by atoms with Crippen LogP contribution in [0.2, 0.25) is 5.02 Å². The predicted octanol–water partition coefficient (Wildman–Crippen LogP) is 4.44. The Labute approximate surface area is 112 Å². The fourth-order valence-electron chi connectivity index (χ4n) is 1.93. The van der Waals surface area contributed by atoms with E-state index in [1.165, 1.54) is 5.56 Å². The molecular weight excluding hydrogens is 244 g/mol. The molecule has 0 spiro atoms. The zero-order chi connectivity index (χ0) is 13.1. The third-order valence-electron chi connectivity index (χ3n) is 3.06. The summed E-state index contributed by atoms with van der Waals surface area (Å²) in [6.45, 7) is 4.00. The van der Waals surface area contributed by atoms with E-state index in [2.05, 4.69) is 6.92 Å². The van der Waals surface area contributed by atoms with Crippen molar-refractivity contribution in [2.45, 2.75) is 20.3 Å². The first-order chi connectivity index (χ1) is 8.61. The maximum absolute atomic E-state index is 12.3. The Balaban J connectivity index is 2.35. The maximum atomic E-state index is 12.3. The van der Waals surface area contributed by atoms with Gasteiger partial charge >= 0.3 is 0 Å². The smallest absolute Gasteiger partial charge is 0.193 e. The minimum Gasteiger partial charge on any atom is -0.289 e. The third-order valence-corrected chi connectivity index (χ3v) is 3.29. The van der Waals surface area contributed by atoms with Gasteiger partial charge in [-0.05, 0) is 42.7 Å². The molecule has 2 heteroatoms. The highest BCUT2D eigenvalue weighted by molar-refractivity contribution is 6.30. The average Bonchev–Trinajstić information content (AvgIpc) is 2.38. The molecule has 0 aliphatic carbocycles. The van der Waals surface area contributed by atoms with Crippen LogP contribution in [0.4, 0.5) is 0 Å². The van der Waals surface area contributed by atoms with E-state index in [9.17, 15) is 4.79 Å². The van der Waals surface area contributed by atoms with Crippen molar-refractivity contribution in [1.29, 1.82) is 0 Å². The first kappa shape index (κ1) is 12.8. The van der Waals surface area contributed by atoms with E-state index in [4.69, 9.17) is 11.6 Å². The molecule has 0 aliphatic rings. The topological polar surface area (TPSA) is 17.1 Å². The second kappa shape index (κ2) is 5.36. The molecule has 0 N–H and O–H groups in total. The number of hydrogen-bond acceptors (Lipinski definition) is 1. The molecule has 0 fully saturated rings. The largest absolute Gasteiger partial charge is 0.289 e. The second-order valence-corrected chi connectivity index (χ2v) is 4.78. The van der Waals surface area contributed by atoms with Crippen LogP contribution in [-0.2, 0) is 6.42 Å². The van der Waals surface area contributed by atoms with Gasteiger partial charge in [0.1, 0.15) is 0 Å². The Hall–Kier alpha value is -1.60. The fourth-order valence-corrected chi connectivity index (χ4v) is 2.16. The molecule has 2 aromatic carbocycles. The van der Waals surface area contributed by atoms with Crippen molar-refractivity contribution in [3.8, 4) is 0 Å². The van der Waals surface area contributed by atoms with Crippen molar-refractivity contribution in [3.63, 3.8) is 0 Å². The molecule has 1 nitrogen and oxygen atoms in total. The molecule has 0 saturated carbocycles. The Bertz CT molecular complexity index is 570. The second-order valence-electron chi connectivity index (χ2n) is 4.34. The summed E-state index contributed by atoms with van der Waals surface area (Å²) < 4.78 is 0. The molecule has 0 amide bonds. The molecule has 0 saturated heterocycles. The fraction of sp³-hybridized carbons (Fsp3) is 0.188. The van der Waals surface area contributed by atoms with Gasteiger partial charge in [0.2, 0.25) is 0 Å². The monoisotopic (exact) mass is 258 g/mol. The summed E-state index contributed by atoms with van der Waals surface area (Å²) in [5, 5.41) is 0.658. The summed E-state index contributed by atoms with van der Waals surface area (Å²) in [6.07, 6.45) is 0.981. The first-order valence-electron chi connectivity index (χ1n) is 6.01. The van der Waals surface area contributed by atoms with E-state index in [1.54, 1.807) is 12.1 Å². The van der Waals surface area contributed by atoms with Crippen LogP contribution in [0.15, 0.2) is 42.5 Å². The first-order valence-corrected chi connectivity index (χ1v) is 6.39. The molecule has 0 heterocycles. The summed E-state index contributed by atoms with van der Waals surface area (Å²) in [5.41, 5.74) is 3.58. The van der Waals surface area contributed by atoms with E-state index >= 15 is 0 Å². The quantitative estimate of drug-likeness (QED) is 0.744. The van der Waals surface area contributed by atoms with E-state index in [0.717, 1.165) is 17.5 Å². The molecule has 92 valence electrons. The van der Waals surface area contributed by atoms with Crippen LogP contribution in [0.5, 0.6) is 0 Å². The van der Waals surface area contributed by atoms with Crippen LogP contribution in [0.1, 0.15) is 34.0 Å². The van der Waals surface area contributed by atoms with E-state index in [0.29, 0.717) is 10.6 Å². The van der Waals surface area contributed by atoms with Gasteiger partial charge in [-0.2, -0.15) is 0 Å². The highest BCUT2D eigenvalue weighted by Gasteiger charge is 2.11. The lowest BCUT2D eigenvalue weighted by Gasteiger charge is -2.06. The standard InChI is InChI=1S/C16H15ClO/c1-3-12-4-6-13(7-5-12)16(18)15-9-8-14(17)10-11(15)2/h4-10H,3H2,1-2H3. The SMILES string of the molecule is CCc1ccc(C(=O)c2ccc(Cl)cc2C)cc1. The molecule has 18 heavy (non-hydrogen) atoms. The van der Waals surface area contributed by atoms with Crippen LogP contribution >= 0.6 is 11.6 Å². The summed E-state index contributed by atoms with van der Waals surface area (Å²) in [4.78, 5) is 12.3. The molecular formula is C16H15ClO. The summed E-state index contributed by atoms with van der Waals surface area (Å²) >= 11 is 5.90. The Morgan fingerprint density at radius 2 is 1.78 bits per heavy atom. The number of carbonyl (C=O) groups excluding carboxylic acids is 1. The molecule has 2 rings (SSSR count). The predicted molar refractivity (Wildman–Crippen MR) is 75.4 cm³/mol. The summed E-state index contributed by atoms with van der Waals surface area (Å²) in [5.74, 6) is 0.0480. The van der Waals surface area contributed by atoms with E-state index in [1.807, 2.05) is 37.3 Å². The van der Waals surface area contributed by atoms with Crippen molar-refractivity contribution in [3.05, 3.63) is 69.7 Å². The number of aryl methyl sites for hydroxylation is 2. The van der Waals surface area contributed by atoms with Gasteiger partial charge in [-0.3, -0.25) is 4.79 Å². The molecule has 2 aromatic rings. The summed E-state index contributed by atoms with van der Waals surface area (Å²) in [7, 11) is 0. The number of hydrogen-bond donors (Lipinski definition) is 0. The zero-order valence-electron chi connectivity index (χ0n) is 10.5. The lowest BCUT2D eigenvalue weighted by Crippen LogP contribution is -2.03. The lowest BCUT2D eigenvalue weighted by atomic mass is 9.98. The molecule has 0 aliphatic heterocycles. The van der Waals surface area contributed by atoms with Crippen molar-refractivity contribution in [1.82, 2.24) is 0 Å². The van der Waals surface area contributed by atoms with Crippen LogP contribution < -0.4 is 0 Å². The third kappa shape index (κ3) is 2.62. The number of ketones is 1. The van der Waals surface area contributed by atoms with Gasteiger partial charge in [0.05, 0.1) is 0 Å². The van der Waals surface area contributed by atoms with Crippen LogP contribution in [-0.4, -0.2) is 5.78 Å². The minimum atomic E-state index is 0.0480. The molecule has 0 atom stereocenters. The Kier molecular flexibility index (Phi) is 3.83. The van der Waals surface area contributed by atoms with Crippen molar-refractivity contribution >= 4 is 17.4 Å². The van der Waals surface area contributed by atoms with Gasteiger partial charge in [0.15, 0.2) is 5.78 Å². The Morgan fingerprint density at radius 3 is 2.33 bits per heavy atom. The van der Waals surface area contributed by atoms with Crippen molar-refractivity contribution in [2.75, 3.05) is 0 Å². The number of carbonyl (C=O) groups is 1. The highest BCUT2D eigenvalue weighted by Crippen LogP contribution is 2.19. The number of halogens is 1. The van der Waals surface area contributed by atoms with Crippen LogP contribution in [0.3, 0.4) is 0 Å². The van der Waals surface area contributed by atoms with Gasteiger partial charge in [0.25, 0.3) is 0 Å². The van der Waals surface area contributed by atoms with Crippen LogP contribution in [0.25, 0.3) is 0 Å². The van der Waals surface area contributed by atoms with Crippen LogP contribution in [0, 0.1) is 6.92 Å². The molecule has 0 radical (unpaired) electrons. The van der Waals surface area contributed by atoms with Crippen molar-refractivity contribution in [2.24, 2.45) is 0 Å². The Morgan fingerprint density at radius 1 is 1.11 bits per heavy atom. The number of rotatable bonds is 3. The summed E-state index contributed by atoms with van der Waals surface area (Å²) in [6, 6.07) is 13.1. The lowest BCUT2D eigenvalue weighted by molar-refractivity contribution is 0.103. The van der Waals surface area contributed by atoms with Crippen molar-refractivity contribution < 1.29 is 4.79 Å². The molecule has 0 bridgehead atoms. The number of benzene rings is 2. The van der Waals surface area contributed by atoms with Gasteiger partial charge in [-0.15, -0.1) is 0 Å². The minimum absolute atomic E-state index is 0.0480. The zero-order valence-corrected chi connectivity index (χ0v) is 11.3. The van der Waals surface area contributed by atoms with Gasteiger partial charge in [-0.25, -0.2) is 0 Å². The van der Waals surface area contributed by atoms with Gasteiger partial charge in [-0.1, -0.05) is 42.8 Å². The highest BCUT2D eigenvalue weighted by atomic mass is 35.5. The molecule has 0 aromatic heterocycles.